The van der Waals surface area contributed by atoms with E-state index in [1.807, 2.05) is 0 Å². The molecule has 118 valence electrons. The predicted octanol–water partition coefficient (Wildman–Crippen LogP) is 1.29. The van der Waals surface area contributed by atoms with Gasteiger partial charge in [-0.25, -0.2) is 9.40 Å². The summed E-state index contributed by atoms with van der Waals surface area (Å²) in [6, 6.07) is 1.39. The molecule has 0 saturated carbocycles. The van der Waals surface area contributed by atoms with Crippen molar-refractivity contribution in [2.24, 2.45) is 5.73 Å². The Kier molecular flexibility index (Phi) is 5.10. The quantitative estimate of drug-likeness (QED) is 0.608. The normalized spacial score (nSPS) is 13.2. The lowest BCUT2D eigenvalue weighted by molar-refractivity contribution is -0.125. The van der Waals surface area contributed by atoms with Crippen LogP contribution in [0.5, 0.6) is 0 Å². The Hall–Kier alpha value is -1.99. The number of carbonyl (C=O) groups excluding carboxylic acids is 3. The summed E-state index contributed by atoms with van der Waals surface area (Å²) in [5.41, 5.74) is 8.15. The summed E-state index contributed by atoms with van der Waals surface area (Å²) in [4.78, 5) is 34.1. The van der Waals surface area contributed by atoms with Crippen molar-refractivity contribution in [2.75, 3.05) is 0 Å². The molecule has 8 heteroatoms. The molecule has 0 aliphatic carbocycles. The number of nitrogens with one attached hydrogen (secondary N) is 1. The van der Waals surface area contributed by atoms with Gasteiger partial charge in [0, 0.05) is 35.5 Å². The highest BCUT2D eigenvalue weighted by molar-refractivity contribution is 6.32. The van der Waals surface area contributed by atoms with Crippen molar-refractivity contribution in [1.29, 1.82) is 0 Å². The summed E-state index contributed by atoms with van der Waals surface area (Å²) in [5.74, 6) is -1.78. The minimum atomic E-state index is -0.704. The van der Waals surface area contributed by atoms with Crippen LogP contribution in [0.1, 0.15) is 40.7 Å². The highest BCUT2D eigenvalue weighted by Gasteiger charge is 2.34. The number of hydrogen-bond donors (Lipinski definition) is 2. The Labute approximate surface area is 131 Å². The number of unbranched alkanes of at least 4 members (excludes halogenated alkanes) is 1. The van der Waals surface area contributed by atoms with Gasteiger partial charge in [0.1, 0.15) is 12.1 Å². The van der Waals surface area contributed by atoms with E-state index in [2.05, 4.69) is 5.43 Å². The topological polar surface area (TPSA) is 92.5 Å². The SMILES string of the molecule is NCc1cc(Cl)c2c(c1F)C(=O)N(NC(=O)CCCC=O)C2. The van der Waals surface area contributed by atoms with Crippen LogP contribution in [-0.2, 0) is 22.7 Å². The zero-order chi connectivity index (χ0) is 16.3. The maximum Gasteiger partial charge on any atom is 0.275 e. The van der Waals surface area contributed by atoms with Crippen molar-refractivity contribution in [2.45, 2.75) is 32.4 Å². The van der Waals surface area contributed by atoms with Crippen LogP contribution in [0.2, 0.25) is 5.02 Å². The lowest BCUT2D eigenvalue weighted by atomic mass is 10.0. The molecule has 0 unspecified atom stereocenters. The molecule has 0 radical (unpaired) electrons. The number of hydrazine groups is 1. The number of nitrogens with zero attached hydrogens (tertiary/aromatic N) is 1. The summed E-state index contributed by atoms with van der Waals surface area (Å²) in [5, 5.41) is 1.26. The van der Waals surface area contributed by atoms with E-state index in [0.29, 0.717) is 18.3 Å². The summed E-state index contributed by atoms with van der Waals surface area (Å²) in [6.07, 6.45) is 1.47. The van der Waals surface area contributed by atoms with Crippen molar-refractivity contribution in [3.05, 3.63) is 33.6 Å². The molecule has 1 aromatic carbocycles. The fourth-order valence-corrected chi connectivity index (χ4v) is 2.54. The molecule has 0 bridgehead atoms. The molecular formula is C14H15ClFN3O3. The van der Waals surface area contributed by atoms with Crippen molar-refractivity contribution in [3.63, 3.8) is 0 Å². The molecule has 0 atom stereocenters. The number of aldehydes is 1. The van der Waals surface area contributed by atoms with Gasteiger partial charge in [0.05, 0.1) is 12.1 Å². The molecule has 1 aromatic rings. The first-order valence-corrected chi connectivity index (χ1v) is 7.12. The van der Waals surface area contributed by atoms with Gasteiger partial charge >= 0.3 is 0 Å². The summed E-state index contributed by atoms with van der Waals surface area (Å²) < 4.78 is 14.2. The van der Waals surface area contributed by atoms with E-state index in [-0.39, 0.29) is 42.1 Å². The van der Waals surface area contributed by atoms with E-state index in [0.717, 1.165) is 5.01 Å². The number of hydrogen-bond acceptors (Lipinski definition) is 4. The molecule has 1 aliphatic heterocycles. The maximum absolute atomic E-state index is 14.2. The van der Waals surface area contributed by atoms with E-state index >= 15 is 0 Å². The van der Waals surface area contributed by atoms with Gasteiger partial charge < -0.3 is 10.5 Å². The Morgan fingerprint density at radius 3 is 2.91 bits per heavy atom. The molecule has 0 fully saturated rings. The van der Waals surface area contributed by atoms with Crippen molar-refractivity contribution in [1.82, 2.24) is 10.4 Å². The molecule has 1 aliphatic rings. The lowest BCUT2D eigenvalue weighted by Gasteiger charge is -2.16. The molecule has 0 saturated heterocycles. The Morgan fingerprint density at radius 1 is 1.55 bits per heavy atom. The van der Waals surface area contributed by atoms with E-state index < -0.39 is 17.6 Å². The zero-order valence-electron chi connectivity index (χ0n) is 11.7. The number of nitrogens with two attached hydrogens (primary N) is 1. The number of amides is 2. The molecular weight excluding hydrogens is 313 g/mol. The van der Waals surface area contributed by atoms with Gasteiger partial charge in [-0.2, -0.15) is 0 Å². The Balaban J connectivity index is 2.15. The second kappa shape index (κ2) is 6.85. The first-order chi connectivity index (χ1) is 10.5. The lowest BCUT2D eigenvalue weighted by Crippen LogP contribution is -2.42. The van der Waals surface area contributed by atoms with Gasteiger partial charge in [-0.15, -0.1) is 0 Å². The molecule has 3 N–H and O–H groups in total. The average molecular weight is 328 g/mol. The molecule has 0 spiro atoms. The molecule has 2 rings (SSSR count). The maximum atomic E-state index is 14.2. The van der Waals surface area contributed by atoms with Gasteiger partial charge in [0.2, 0.25) is 5.91 Å². The standard InChI is InChI=1S/C14H15ClFN3O3/c15-10-5-8(6-17)13(16)12-9(10)7-19(14(12)22)18-11(21)3-1-2-4-20/h4-5H,1-3,6-7,17H2,(H,18,21). The van der Waals surface area contributed by atoms with Crippen LogP contribution >= 0.6 is 11.6 Å². The van der Waals surface area contributed by atoms with Crippen LogP contribution in [0.4, 0.5) is 4.39 Å². The van der Waals surface area contributed by atoms with E-state index in [1.165, 1.54) is 6.07 Å². The second-order valence-corrected chi connectivity index (χ2v) is 5.28. The van der Waals surface area contributed by atoms with Crippen LogP contribution in [-0.4, -0.2) is 23.1 Å². The van der Waals surface area contributed by atoms with E-state index in [1.54, 1.807) is 0 Å². The van der Waals surface area contributed by atoms with Gasteiger partial charge in [0.25, 0.3) is 5.91 Å². The summed E-state index contributed by atoms with van der Waals surface area (Å²) in [7, 11) is 0. The van der Waals surface area contributed by atoms with E-state index in [4.69, 9.17) is 17.3 Å². The zero-order valence-corrected chi connectivity index (χ0v) is 12.5. The molecule has 6 nitrogen and oxygen atoms in total. The first-order valence-electron chi connectivity index (χ1n) is 6.74. The third kappa shape index (κ3) is 3.10. The van der Waals surface area contributed by atoms with Gasteiger partial charge in [-0.05, 0) is 12.5 Å². The van der Waals surface area contributed by atoms with Crippen molar-refractivity contribution < 1.29 is 18.8 Å². The van der Waals surface area contributed by atoms with Crippen LogP contribution in [0, 0.1) is 5.82 Å². The average Bonchev–Trinajstić information content (AvgIpc) is 2.81. The van der Waals surface area contributed by atoms with Crippen LogP contribution in [0.3, 0.4) is 0 Å². The van der Waals surface area contributed by atoms with Crippen LogP contribution in [0.15, 0.2) is 6.07 Å². The fourth-order valence-electron chi connectivity index (χ4n) is 2.25. The number of halogens is 2. The van der Waals surface area contributed by atoms with E-state index in [9.17, 15) is 18.8 Å². The smallest absolute Gasteiger partial charge is 0.275 e. The number of benzene rings is 1. The van der Waals surface area contributed by atoms with Crippen LogP contribution in [0.25, 0.3) is 0 Å². The van der Waals surface area contributed by atoms with Crippen LogP contribution < -0.4 is 11.2 Å². The largest absolute Gasteiger partial charge is 0.326 e. The Bertz CT molecular complexity index is 636. The second-order valence-electron chi connectivity index (χ2n) is 4.87. The van der Waals surface area contributed by atoms with Gasteiger partial charge in [-0.3, -0.25) is 15.0 Å². The first kappa shape index (κ1) is 16.4. The number of fused-ring (bicyclic) bond motifs is 1. The highest BCUT2D eigenvalue weighted by atomic mass is 35.5. The van der Waals surface area contributed by atoms with Gasteiger partial charge in [-0.1, -0.05) is 11.6 Å². The minimum absolute atomic E-state index is 0.00576. The number of carbonyl (C=O) groups is 3. The summed E-state index contributed by atoms with van der Waals surface area (Å²) >= 11 is 6.04. The third-order valence-corrected chi connectivity index (χ3v) is 3.71. The number of rotatable bonds is 6. The van der Waals surface area contributed by atoms with Gasteiger partial charge in [0.15, 0.2) is 0 Å². The van der Waals surface area contributed by atoms with Crippen molar-refractivity contribution in [3.8, 4) is 0 Å². The predicted molar refractivity (Wildman–Crippen MR) is 77.2 cm³/mol. The highest BCUT2D eigenvalue weighted by Crippen LogP contribution is 2.32. The third-order valence-electron chi connectivity index (χ3n) is 3.37. The fraction of sp³-hybridized carbons (Fsp3) is 0.357. The molecule has 22 heavy (non-hydrogen) atoms. The Morgan fingerprint density at radius 2 is 2.27 bits per heavy atom. The monoisotopic (exact) mass is 327 g/mol. The van der Waals surface area contributed by atoms with Crippen molar-refractivity contribution >= 4 is 29.7 Å². The molecule has 0 aromatic heterocycles. The summed E-state index contributed by atoms with van der Waals surface area (Å²) in [6.45, 7) is -0.0850. The molecule has 1 heterocycles. The minimum Gasteiger partial charge on any atom is -0.326 e. The molecule has 2 amide bonds.